The molecule has 2 N–H and O–H groups in total. The number of nitrogens with zero attached hydrogens (tertiary/aromatic N) is 3. The number of carbonyl (C=O) groups is 1. The zero-order valence-electron chi connectivity index (χ0n) is 21.7. The second-order valence-corrected chi connectivity index (χ2v) is 10.7. The molecule has 0 spiro atoms. The molecule has 2 heterocycles. The van der Waals surface area contributed by atoms with Crippen LogP contribution in [0.3, 0.4) is 0 Å². The Bertz CT molecular complexity index is 1420. The van der Waals surface area contributed by atoms with Crippen molar-refractivity contribution in [3.63, 3.8) is 0 Å². The van der Waals surface area contributed by atoms with Gasteiger partial charge in [0.05, 0.1) is 36.8 Å². The van der Waals surface area contributed by atoms with E-state index in [0.717, 1.165) is 11.9 Å². The first kappa shape index (κ1) is 29.3. The predicted octanol–water partition coefficient (Wildman–Crippen LogP) is 2.89. The van der Waals surface area contributed by atoms with Gasteiger partial charge in [0.15, 0.2) is 5.82 Å². The van der Waals surface area contributed by atoms with Gasteiger partial charge in [0.2, 0.25) is 11.7 Å². The van der Waals surface area contributed by atoms with Crippen LogP contribution in [0, 0.1) is 0 Å². The number of halogens is 1. The zero-order chi connectivity index (χ0) is 28.5. The number of carbonyl (C=O) groups excluding carboxylic acids is 1. The molecule has 3 aromatic rings. The molecule has 1 fully saturated rings. The monoisotopic (exact) mass is 592 g/mol. The molecular weight excluding hydrogens is 564 g/mol. The average Bonchev–Trinajstić information content (AvgIpc) is 2.97. The van der Waals surface area contributed by atoms with E-state index >= 15 is 0 Å². The summed E-state index contributed by atoms with van der Waals surface area (Å²) in [6.45, 7) is 1.79. The van der Waals surface area contributed by atoms with Gasteiger partial charge in [0, 0.05) is 25.6 Å². The molecule has 1 aliphatic rings. The molecule has 1 aromatic heterocycles. The summed E-state index contributed by atoms with van der Waals surface area (Å²) in [6.07, 6.45) is 1.88. The van der Waals surface area contributed by atoms with Crippen LogP contribution in [-0.4, -0.2) is 80.9 Å². The maximum absolute atomic E-state index is 13.3. The third-order valence-electron chi connectivity index (χ3n) is 5.91. The van der Waals surface area contributed by atoms with E-state index in [0.29, 0.717) is 44.9 Å². The van der Waals surface area contributed by atoms with Crippen molar-refractivity contribution in [3.8, 4) is 23.1 Å². The van der Waals surface area contributed by atoms with E-state index in [1.165, 1.54) is 25.3 Å². The number of morpholine rings is 1. The van der Waals surface area contributed by atoms with Gasteiger partial charge in [-0.15, -0.1) is 0 Å². The Morgan fingerprint density at radius 3 is 2.60 bits per heavy atom. The fourth-order valence-electron chi connectivity index (χ4n) is 3.81. The molecule has 2 aromatic carbocycles. The Morgan fingerprint density at radius 1 is 1.15 bits per heavy atom. The highest BCUT2D eigenvalue weighted by molar-refractivity contribution is 7.92. The number of amides is 1. The third kappa shape index (κ3) is 7.50. The lowest BCUT2D eigenvalue weighted by Gasteiger charge is -2.26. The summed E-state index contributed by atoms with van der Waals surface area (Å²) in [5.41, 5.74) is 0.818. The maximum atomic E-state index is 13.3. The fraction of sp³-hybridized carbons (Fsp3) is 0.346. The summed E-state index contributed by atoms with van der Waals surface area (Å²) in [5, 5.41) is 9.41. The van der Waals surface area contributed by atoms with E-state index in [1.807, 2.05) is 0 Å². The average molecular weight is 593 g/mol. The number of aryl methyl sites for hydroxylation is 1. The highest BCUT2D eigenvalue weighted by Gasteiger charge is 2.23. The number of aliphatic hydroxyl groups is 1. The SMILES string of the molecule is COc1ccc(Cl)c(Oc2c(NS(=O)(=O)c3ccc(CCC(=O)N4CCOCC4)cc3)ncnc2OCCO)c1. The first-order chi connectivity index (χ1) is 19.3. The van der Waals surface area contributed by atoms with E-state index in [9.17, 15) is 18.3 Å². The lowest BCUT2D eigenvalue weighted by molar-refractivity contribution is -0.135. The minimum atomic E-state index is -4.13. The van der Waals surface area contributed by atoms with Gasteiger partial charge in [0.1, 0.15) is 24.4 Å². The van der Waals surface area contributed by atoms with Gasteiger partial charge in [-0.1, -0.05) is 23.7 Å². The Morgan fingerprint density at radius 2 is 1.90 bits per heavy atom. The second kappa shape index (κ2) is 13.6. The first-order valence-corrected chi connectivity index (χ1v) is 14.2. The van der Waals surface area contributed by atoms with Crippen LogP contribution in [0.4, 0.5) is 5.82 Å². The van der Waals surface area contributed by atoms with Crippen molar-refractivity contribution in [2.45, 2.75) is 17.7 Å². The predicted molar refractivity (Wildman–Crippen MR) is 146 cm³/mol. The van der Waals surface area contributed by atoms with Gasteiger partial charge < -0.3 is 29.0 Å². The number of hydrogen-bond donors (Lipinski definition) is 2. The summed E-state index contributed by atoms with van der Waals surface area (Å²) in [4.78, 5) is 22.2. The zero-order valence-corrected chi connectivity index (χ0v) is 23.3. The van der Waals surface area contributed by atoms with Crippen LogP contribution in [0.1, 0.15) is 12.0 Å². The molecule has 1 aliphatic heterocycles. The van der Waals surface area contributed by atoms with Crippen LogP contribution in [-0.2, 0) is 26.0 Å². The van der Waals surface area contributed by atoms with Crippen molar-refractivity contribution in [1.29, 1.82) is 0 Å². The molecule has 1 saturated heterocycles. The molecule has 14 heteroatoms. The lowest BCUT2D eigenvalue weighted by atomic mass is 10.1. The topological polar surface area (TPSA) is 149 Å². The van der Waals surface area contributed by atoms with Crippen molar-refractivity contribution in [3.05, 3.63) is 59.4 Å². The quantitative estimate of drug-likeness (QED) is 0.321. The summed E-state index contributed by atoms with van der Waals surface area (Å²) >= 11 is 6.28. The normalized spacial score (nSPS) is 13.5. The van der Waals surface area contributed by atoms with E-state index in [-0.39, 0.29) is 52.2 Å². The van der Waals surface area contributed by atoms with E-state index in [4.69, 9.17) is 30.5 Å². The highest BCUT2D eigenvalue weighted by atomic mass is 35.5. The van der Waals surface area contributed by atoms with Gasteiger partial charge in [-0.3, -0.25) is 9.52 Å². The highest BCUT2D eigenvalue weighted by Crippen LogP contribution is 2.40. The molecule has 0 radical (unpaired) electrons. The van der Waals surface area contributed by atoms with Crippen molar-refractivity contribution in [2.24, 2.45) is 0 Å². The number of anilines is 1. The van der Waals surface area contributed by atoms with E-state index < -0.39 is 10.0 Å². The van der Waals surface area contributed by atoms with Gasteiger partial charge in [0.25, 0.3) is 15.9 Å². The molecule has 0 atom stereocenters. The molecular formula is C26H29ClN4O8S. The third-order valence-corrected chi connectivity index (χ3v) is 7.57. The number of aromatic nitrogens is 2. The van der Waals surface area contributed by atoms with Crippen molar-refractivity contribution < 1.29 is 37.3 Å². The van der Waals surface area contributed by atoms with Crippen LogP contribution in [0.25, 0.3) is 0 Å². The van der Waals surface area contributed by atoms with Gasteiger partial charge in [-0.2, -0.15) is 4.98 Å². The number of benzene rings is 2. The molecule has 0 saturated carbocycles. The number of aliphatic hydroxyl groups excluding tert-OH is 1. The van der Waals surface area contributed by atoms with Crippen molar-refractivity contribution in [2.75, 3.05) is 51.3 Å². The van der Waals surface area contributed by atoms with Gasteiger partial charge >= 0.3 is 0 Å². The minimum absolute atomic E-state index is 0.0300. The molecule has 4 rings (SSSR count). The lowest BCUT2D eigenvalue weighted by Crippen LogP contribution is -2.40. The number of nitrogens with one attached hydrogen (secondary N) is 1. The van der Waals surface area contributed by atoms with E-state index in [2.05, 4.69) is 14.7 Å². The fourth-order valence-corrected chi connectivity index (χ4v) is 4.98. The molecule has 40 heavy (non-hydrogen) atoms. The molecule has 0 bridgehead atoms. The first-order valence-electron chi connectivity index (χ1n) is 12.4. The van der Waals surface area contributed by atoms with Crippen molar-refractivity contribution >= 4 is 33.3 Å². The second-order valence-electron chi connectivity index (χ2n) is 8.57. The maximum Gasteiger partial charge on any atom is 0.263 e. The number of hydrogen-bond acceptors (Lipinski definition) is 10. The van der Waals surface area contributed by atoms with Crippen LogP contribution in [0.2, 0.25) is 5.02 Å². The van der Waals surface area contributed by atoms with Gasteiger partial charge in [-0.25, -0.2) is 13.4 Å². The Balaban J connectivity index is 1.52. The molecule has 0 aliphatic carbocycles. The van der Waals surface area contributed by atoms with E-state index in [1.54, 1.807) is 29.2 Å². The summed E-state index contributed by atoms with van der Waals surface area (Å²) < 4.78 is 50.8. The Labute approximate surface area is 236 Å². The number of sulfonamides is 1. The number of rotatable bonds is 12. The van der Waals surface area contributed by atoms with Crippen molar-refractivity contribution in [1.82, 2.24) is 14.9 Å². The number of methoxy groups -OCH3 is 1. The van der Waals surface area contributed by atoms with Gasteiger partial charge in [-0.05, 0) is 36.2 Å². The Hall–Kier alpha value is -3.65. The Kier molecular flexibility index (Phi) is 9.98. The molecule has 1 amide bonds. The minimum Gasteiger partial charge on any atom is -0.497 e. The van der Waals surface area contributed by atoms with Crippen LogP contribution in [0.15, 0.2) is 53.7 Å². The standard InChI is InChI=1S/C26H29ClN4O8S/c1-36-19-5-8-21(27)22(16-19)39-24-25(28-17-29-26(24)38-15-12-32)30-40(34,35)20-6-2-18(3-7-20)4-9-23(33)31-10-13-37-14-11-31/h2-3,5-8,16-17,32H,4,9-15H2,1H3,(H,28,29,30). The summed E-state index contributed by atoms with van der Waals surface area (Å²) in [5.74, 6) is 0.146. The van der Waals surface area contributed by atoms with Crippen LogP contribution in [0.5, 0.6) is 23.1 Å². The smallest absolute Gasteiger partial charge is 0.263 e. The number of ether oxygens (including phenoxy) is 4. The van der Waals surface area contributed by atoms with Crippen LogP contribution < -0.4 is 18.9 Å². The summed E-state index contributed by atoms with van der Waals surface area (Å²) in [7, 11) is -2.65. The summed E-state index contributed by atoms with van der Waals surface area (Å²) in [6, 6.07) is 10.9. The largest absolute Gasteiger partial charge is 0.497 e. The molecule has 12 nitrogen and oxygen atoms in total. The molecule has 214 valence electrons. The van der Waals surface area contributed by atoms with Crippen LogP contribution >= 0.6 is 11.6 Å². The molecule has 0 unspecified atom stereocenters.